The number of likely N-dealkylation sites (tertiary alicyclic amines) is 1. The van der Waals surface area contributed by atoms with Crippen LogP contribution in [0, 0.1) is 0 Å². The van der Waals surface area contributed by atoms with Crippen molar-refractivity contribution >= 4 is 6.09 Å². The van der Waals surface area contributed by atoms with Crippen molar-refractivity contribution in [3.63, 3.8) is 0 Å². The fourth-order valence-electron chi connectivity index (χ4n) is 2.21. The molecule has 1 aliphatic heterocycles. The van der Waals surface area contributed by atoms with Crippen molar-refractivity contribution < 1.29 is 9.53 Å². The topological polar surface area (TPSA) is 55.6 Å². The van der Waals surface area contributed by atoms with E-state index in [2.05, 4.69) is 0 Å². The van der Waals surface area contributed by atoms with E-state index in [-0.39, 0.29) is 17.7 Å². The van der Waals surface area contributed by atoms with E-state index < -0.39 is 5.60 Å². The maximum atomic E-state index is 12.1. The van der Waals surface area contributed by atoms with Gasteiger partial charge >= 0.3 is 6.09 Å². The van der Waals surface area contributed by atoms with Crippen LogP contribution in [0.15, 0.2) is 0 Å². The number of amides is 1. The molecule has 0 radical (unpaired) electrons. The quantitative estimate of drug-likeness (QED) is 0.748. The van der Waals surface area contributed by atoms with Gasteiger partial charge in [-0.25, -0.2) is 4.79 Å². The standard InChI is InChI=1S/C12H24N2O2/c1-9-6-7-12(5,8-13)14(9)10(15)16-11(2,3)4/h9H,6-8,13H2,1-5H3. The molecule has 0 aromatic rings. The van der Waals surface area contributed by atoms with Gasteiger partial charge < -0.3 is 10.5 Å². The Balaban J connectivity index is 2.80. The molecule has 4 nitrogen and oxygen atoms in total. The number of rotatable bonds is 1. The van der Waals surface area contributed by atoms with E-state index in [1.54, 1.807) is 4.90 Å². The summed E-state index contributed by atoms with van der Waals surface area (Å²) < 4.78 is 5.42. The highest BCUT2D eigenvalue weighted by atomic mass is 16.6. The van der Waals surface area contributed by atoms with Gasteiger partial charge in [0.1, 0.15) is 5.60 Å². The summed E-state index contributed by atoms with van der Waals surface area (Å²) in [5.41, 5.74) is 5.08. The third kappa shape index (κ3) is 2.67. The molecule has 4 heteroatoms. The highest BCUT2D eigenvalue weighted by Crippen LogP contribution is 2.34. The monoisotopic (exact) mass is 228 g/mol. The molecular formula is C12H24N2O2. The minimum Gasteiger partial charge on any atom is -0.444 e. The number of hydrogen-bond acceptors (Lipinski definition) is 3. The van der Waals surface area contributed by atoms with Gasteiger partial charge in [-0.15, -0.1) is 0 Å². The normalized spacial score (nSPS) is 30.6. The van der Waals surface area contributed by atoms with Crippen LogP contribution >= 0.6 is 0 Å². The molecule has 1 saturated heterocycles. The third-order valence-corrected chi connectivity index (χ3v) is 3.15. The molecule has 1 amide bonds. The molecule has 1 heterocycles. The zero-order valence-corrected chi connectivity index (χ0v) is 11.0. The SMILES string of the molecule is CC1CCC(C)(CN)N1C(=O)OC(C)(C)C. The fraction of sp³-hybridized carbons (Fsp3) is 0.917. The van der Waals surface area contributed by atoms with Gasteiger partial charge in [0.15, 0.2) is 0 Å². The molecule has 0 saturated carbocycles. The van der Waals surface area contributed by atoms with Crippen LogP contribution in [-0.2, 0) is 4.74 Å². The van der Waals surface area contributed by atoms with Crippen molar-refractivity contribution in [1.29, 1.82) is 0 Å². The summed E-state index contributed by atoms with van der Waals surface area (Å²) in [7, 11) is 0. The van der Waals surface area contributed by atoms with Gasteiger partial charge in [0.05, 0.1) is 5.54 Å². The first-order chi connectivity index (χ1) is 7.19. The van der Waals surface area contributed by atoms with Crippen LogP contribution in [0.4, 0.5) is 4.79 Å². The first-order valence-corrected chi connectivity index (χ1v) is 5.92. The Kier molecular flexibility index (Phi) is 3.53. The van der Waals surface area contributed by atoms with Gasteiger partial charge in [0.2, 0.25) is 0 Å². The molecular weight excluding hydrogens is 204 g/mol. The second-order valence-corrected chi connectivity index (χ2v) is 5.94. The number of carbonyl (C=O) groups is 1. The van der Waals surface area contributed by atoms with Crippen molar-refractivity contribution in [3.8, 4) is 0 Å². The van der Waals surface area contributed by atoms with Crippen LogP contribution in [0.1, 0.15) is 47.5 Å². The van der Waals surface area contributed by atoms with E-state index in [9.17, 15) is 4.79 Å². The molecule has 0 spiro atoms. The van der Waals surface area contributed by atoms with Crippen LogP contribution < -0.4 is 5.73 Å². The smallest absolute Gasteiger partial charge is 0.411 e. The second kappa shape index (κ2) is 4.24. The lowest BCUT2D eigenvalue weighted by molar-refractivity contribution is 0.00398. The van der Waals surface area contributed by atoms with Gasteiger partial charge in [-0.1, -0.05) is 0 Å². The first kappa shape index (κ1) is 13.3. The zero-order chi connectivity index (χ0) is 12.6. The number of carbonyl (C=O) groups excluding carboxylic acids is 1. The molecule has 0 aromatic heterocycles. The summed E-state index contributed by atoms with van der Waals surface area (Å²) >= 11 is 0. The van der Waals surface area contributed by atoms with Gasteiger partial charge in [-0.05, 0) is 47.5 Å². The largest absolute Gasteiger partial charge is 0.444 e. The lowest BCUT2D eigenvalue weighted by atomic mass is 10.00. The van der Waals surface area contributed by atoms with E-state index in [0.29, 0.717) is 6.54 Å². The van der Waals surface area contributed by atoms with Crippen LogP contribution in [0.25, 0.3) is 0 Å². The van der Waals surface area contributed by atoms with Crippen molar-refractivity contribution in [2.75, 3.05) is 6.54 Å². The van der Waals surface area contributed by atoms with Crippen molar-refractivity contribution in [1.82, 2.24) is 4.90 Å². The van der Waals surface area contributed by atoms with Crippen molar-refractivity contribution in [2.24, 2.45) is 5.73 Å². The molecule has 2 unspecified atom stereocenters. The minimum absolute atomic E-state index is 0.211. The first-order valence-electron chi connectivity index (χ1n) is 5.92. The van der Waals surface area contributed by atoms with Gasteiger partial charge in [-0.2, -0.15) is 0 Å². The molecule has 2 atom stereocenters. The van der Waals surface area contributed by atoms with Crippen molar-refractivity contribution in [2.45, 2.75) is 64.6 Å². The summed E-state index contributed by atoms with van der Waals surface area (Å²) in [5.74, 6) is 0. The molecule has 94 valence electrons. The number of nitrogens with zero attached hydrogens (tertiary/aromatic N) is 1. The summed E-state index contributed by atoms with van der Waals surface area (Å²) in [6.45, 7) is 10.2. The Morgan fingerprint density at radius 3 is 2.56 bits per heavy atom. The average Bonchev–Trinajstić information content (AvgIpc) is 2.40. The van der Waals surface area contributed by atoms with Gasteiger partial charge in [0, 0.05) is 12.6 Å². The molecule has 0 bridgehead atoms. The summed E-state index contributed by atoms with van der Waals surface area (Å²) in [6.07, 6.45) is 1.70. The minimum atomic E-state index is -0.450. The lowest BCUT2D eigenvalue weighted by Crippen LogP contribution is -2.53. The molecule has 2 N–H and O–H groups in total. The van der Waals surface area contributed by atoms with Crippen LogP contribution in [0.3, 0.4) is 0 Å². The van der Waals surface area contributed by atoms with E-state index in [4.69, 9.17) is 10.5 Å². The van der Waals surface area contributed by atoms with E-state index >= 15 is 0 Å². The third-order valence-electron chi connectivity index (χ3n) is 3.15. The predicted molar refractivity (Wildman–Crippen MR) is 64.2 cm³/mol. The van der Waals surface area contributed by atoms with Crippen LogP contribution in [-0.4, -0.2) is 34.7 Å². The zero-order valence-electron chi connectivity index (χ0n) is 11.0. The summed E-state index contributed by atoms with van der Waals surface area (Å²) in [4.78, 5) is 13.9. The van der Waals surface area contributed by atoms with Crippen molar-refractivity contribution in [3.05, 3.63) is 0 Å². The Morgan fingerprint density at radius 1 is 1.56 bits per heavy atom. The maximum Gasteiger partial charge on any atom is 0.411 e. The van der Waals surface area contributed by atoms with Crippen LogP contribution in [0.5, 0.6) is 0 Å². The Morgan fingerprint density at radius 2 is 2.12 bits per heavy atom. The lowest BCUT2D eigenvalue weighted by Gasteiger charge is -2.37. The Bertz CT molecular complexity index is 273. The fourth-order valence-corrected chi connectivity index (χ4v) is 2.21. The summed E-state index contributed by atoms with van der Waals surface area (Å²) in [6, 6.07) is 0.211. The number of nitrogens with two attached hydrogens (primary N) is 1. The predicted octanol–water partition coefficient (Wildman–Crippen LogP) is 2.12. The number of hydrogen-bond donors (Lipinski definition) is 1. The van der Waals surface area contributed by atoms with Gasteiger partial charge in [-0.3, -0.25) is 4.90 Å². The molecule has 0 aromatic carbocycles. The molecule has 0 aliphatic carbocycles. The number of ether oxygens (including phenoxy) is 1. The van der Waals surface area contributed by atoms with Crippen LogP contribution in [0.2, 0.25) is 0 Å². The molecule has 1 aliphatic rings. The average molecular weight is 228 g/mol. The second-order valence-electron chi connectivity index (χ2n) is 5.94. The summed E-state index contributed by atoms with van der Waals surface area (Å²) in [5, 5.41) is 0. The molecule has 1 fully saturated rings. The molecule has 1 rings (SSSR count). The molecule has 16 heavy (non-hydrogen) atoms. The van der Waals surface area contributed by atoms with E-state index in [1.165, 1.54) is 0 Å². The maximum absolute atomic E-state index is 12.1. The Labute approximate surface area is 98.1 Å². The highest BCUT2D eigenvalue weighted by Gasteiger charge is 2.44. The van der Waals surface area contributed by atoms with E-state index in [1.807, 2.05) is 34.6 Å². The van der Waals surface area contributed by atoms with Gasteiger partial charge in [0.25, 0.3) is 0 Å². The van der Waals surface area contributed by atoms with E-state index in [0.717, 1.165) is 12.8 Å². The highest BCUT2D eigenvalue weighted by molar-refractivity contribution is 5.70. The Hall–Kier alpha value is -0.770.